The van der Waals surface area contributed by atoms with Gasteiger partial charge in [0.15, 0.2) is 0 Å². The Morgan fingerprint density at radius 1 is 1.59 bits per heavy atom. The average Bonchev–Trinajstić information content (AvgIpc) is 2.64. The number of nitrogens with two attached hydrogens (primary N) is 2. The molecule has 1 atom stereocenters. The molecule has 0 saturated carbocycles. The van der Waals surface area contributed by atoms with Crippen LogP contribution in [0.15, 0.2) is 15.9 Å². The van der Waals surface area contributed by atoms with Gasteiger partial charge < -0.3 is 11.5 Å². The third-order valence-electron chi connectivity index (χ3n) is 2.54. The Hall–Kier alpha value is -0.430. The zero-order valence-electron chi connectivity index (χ0n) is 10.0. The third-order valence-corrected chi connectivity index (χ3v) is 4.34. The topological polar surface area (TPSA) is 72.3 Å². The van der Waals surface area contributed by atoms with E-state index in [1.54, 1.807) is 11.3 Å². The number of hydrogen-bond acceptors (Lipinski definition) is 4. The highest BCUT2D eigenvalue weighted by Gasteiger charge is 2.24. The van der Waals surface area contributed by atoms with Gasteiger partial charge in [0.2, 0.25) is 5.91 Å². The monoisotopic (exact) mass is 319 g/mol. The lowest BCUT2D eigenvalue weighted by Gasteiger charge is -2.32. The summed E-state index contributed by atoms with van der Waals surface area (Å²) >= 11 is 5.06. The maximum atomic E-state index is 11.1. The van der Waals surface area contributed by atoms with Crippen LogP contribution in [-0.2, 0) is 4.79 Å². The molecule has 0 fully saturated rings. The Labute approximate surface area is 114 Å². The molecule has 0 aliphatic rings. The summed E-state index contributed by atoms with van der Waals surface area (Å²) in [5.74, 6) is -0.326. The molecule has 1 amide bonds. The van der Waals surface area contributed by atoms with Crippen LogP contribution in [0.4, 0.5) is 0 Å². The third kappa shape index (κ3) is 4.06. The van der Waals surface area contributed by atoms with E-state index in [1.165, 1.54) is 0 Å². The van der Waals surface area contributed by atoms with Crippen molar-refractivity contribution in [3.63, 3.8) is 0 Å². The fourth-order valence-electron chi connectivity index (χ4n) is 1.75. The van der Waals surface area contributed by atoms with Crippen LogP contribution in [0.2, 0.25) is 0 Å². The van der Waals surface area contributed by atoms with Crippen molar-refractivity contribution in [3.8, 4) is 0 Å². The maximum absolute atomic E-state index is 11.1. The largest absolute Gasteiger partial charge is 0.369 e. The quantitative estimate of drug-likeness (QED) is 0.838. The first-order valence-electron chi connectivity index (χ1n) is 5.43. The van der Waals surface area contributed by atoms with Crippen molar-refractivity contribution in [1.29, 1.82) is 0 Å². The summed E-state index contributed by atoms with van der Waals surface area (Å²) in [7, 11) is 0. The standard InChI is InChI=1S/C11H18BrN3OS/c1-7(2)15(5-11(14)16)9(4-13)10-3-8(12)6-17-10/h3,6-7,9H,4-5,13H2,1-2H3,(H2,14,16). The van der Waals surface area contributed by atoms with E-state index in [4.69, 9.17) is 11.5 Å². The van der Waals surface area contributed by atoms with Crippen LogP contribution in [0.25, 0.3) is 0 Å². The van der Waals surface area contributed by atoms with Gasteiger partial charge in [-0.2, -0.15) is 0 Å². The zero-order valence-corrected chi connectivity index (χ0v) is 12.4. The number of rotatable bonds is 6. The van der Waals surface area contributed by atoms with E-state index in [-0.39, 0.29) is 24.5 Å². The molecule has 0 aliphatic heterocycles. The van der Waals surface area contributed by atoms with Crippen LogP contribution in [0, 0.1) is 0 Å². The number of nitrogens with zero attached hydrogens (tertiary/aromatic N) is 1. The Morgan fingerprint density at radius 2 is 2.24 bits per heavy atom. The summed E-state index contributed by atoms with van der Waals surface area (Å²) in [6, 6.07) is 2.30. The average molecular weight is 320 g/mol. The fourth-order valence-corrected chi connectivity index (χ4v) is 3.33. The second-order valence-corrected chi connectivity index (χ2v) is 6.01. The van der Waals surface area contributed by atoms with Gasteiger partial charge in [-0.05, 0) is 35.8 Å². The van der Waals surface area contributed by atoms with Crippen molar-refractivity contribution in [2.75, 3.05) is 13.1 Å². The fraction of sp³-hybridized carbons (Fsp3) is 0.545. The molecule has 4 N–H and O–H groups in total. The van der Waals surface area contributed by atoms with Gasteiger partial charge in [-0.3, -0.25) is 9.69 Å². The Balaban J connectivity index is 2.92. The number of amides is 1. The van der Waals surface area contributed by atoms with E-state index in [9.17, 15) is 4.79 Å². The summed E-state index contributed by atoms with van der Waals surface area (Å²) in [5.41, 5.74) is 11.1. The molecular formula is C11H18BrN3OS. The first-order chi connectivity index (χ1) is 7.95. The minimum Gasteiger partial charge on any atom is -0.369 e. The van der Waals surface area contributed by atoms with Crippen LogP contribution in [0.5, 0.6) is 0 Å². The van der Waals surface area contributed by atoms with E-state index in [1.807, 2.05) is 30.2 Å². The van der Waals surface area contributed by atoms with Crippen molar-refractivity contribution in [2.45, 2.75) is 25.9 Å². The molecule has 0 aliphatic carbocycles. The van der Waals surface area contributed by atoms with Crippen molar-refractivity contribution >= 4 is 33.2 Å². The highest BCUT2D eigenvalue weighted by atomic mass is 79.9. The SMILES string of the molecule is CC(C)N(CC(N)=O)C(CN)c1cc(Br)cs1. The number of primary amides is 1. The Bertz CT molecular complexity index is 381. The Morgan fingerprint density at radius 3 is 2.59 bits per heavy atom. The van der Waals surface area contributed by atoms with E-state index in [0.717, 1.165) is 9.35 Å². The molecule has 17 heavy (non-hydrogen) atoms. The van der Waals surface area contributed by atoms with Crippen molar-refractivity contribution in [1.82, 2.24) is 4.90 Å². The van der Waals surface area contributed by atoms with E-state index in [2.05, 4.69) is 15.9 Å². The number of halogens is 1. The second-order valence-electron chi connectivity index (χ2n) is 4.15. The van der Waals surface area contributed by atoms with Gasteiger partial charge in [-0.15, -0.1) is 11.3 Å². The number of carbonyl (C=O) groups excluding carboxylic acids is 1. The van der Waals surface area contributed by atoms with Gasteiger partial charge in [-0.1, -0.05) is 0 Å². The zero-order chi connectivity index (χ0) is 13.0. The molecule has 6 heteroatoms. The van der Waals surface area contributed by atoms with Gasteiger partial charge in [0.1, 0.15) is 0 Å². The summed E-state index contributed by atoms with van der Waals surface area (Å²) in [6.07, 6.45) is 0. The van der Waals surface area contributed by atoms with Crippen LogP contribution in [0.3, 0.4) is 0 Å². The predicted molar refractivity (Wildman–Crippen MR) is 74.9 cm³/mol. The molecule has 0 bridgehead atoms. The van der Waals surface area contributed by atoms with Crippen molar-refractivity contribution < 1.29 is 4.79 Å². The van der Waals surface area contributed by atoms with Crippen LogP contribution in [-0.4, -0.2) is 29.9 Å². The molecule has 1 aromatic rings. The normalized spacial score (nSPS) is 13.3. The first-order valence-corrected chi connectivity index (χ1v) is 7.11. The van der Waals surface area contributed by atoms with Gasteiger partial charge in [0.05, 0.1) is 12.6 Å². The highest BCUT2D eigenvalue weighted by Crippen LogP contribution is 2.29. The van der Waals surface area contributed by atoms with Crippen LogP contribution < -0.4 is 11.5 Å². The summed E-state index contributed by atoms with van der Waals surface area (Å²) in [6.45, 7) is 4.77. The van der Waals surface area contributed by atoms with Crippen LogP contribution >= 0.6 is 27.3 Å². The molecular weight excluding hydrogens is 302 g/mol. The number of carbonyl (C=O) groups is 1. The molecule has 0 saturated heterocycles. The molecule has 1 aromatic heterocycles. The number of hydrogen-bond donors (Lipinski definition) is 2. The highest BCUT2D eigenvalue weighted by molar-refractivity contribution is 9.10. The summed E-state index contributed by atoms with van der Waals surface area (Å²) < 4.78 is 1.04. The minimum atomic E-state index is -0.326. The molecule has 0 radical (unpaired) electrons. The molecule has 96 valence electrons. The number of thiophene rings is 1. The molecule has 1 rings (SSSR count). The first kappa shape index (κ1) is 14.6. The lowest BCUT2D eigenvalue weighted by molar-refractivity contribution is -0.120. The van der Waals surface area contributed by atoms with Crippen molar-refractivity contribution in [2.24, 2.45) is 11.5 Å². The predicted octanol–water partition coefficient (Wildman–Crippen LogP) is 1.71. The van der Waals surface area contributed by atoms with Gasteiger partial charge in [0.25, 0.3) is 0 Å². The lowest BCUT2D eigenvalue weighted by Crippen LogP contribution is -2.43. The molecule has 0 aromatic carbocycles. The molecule has 0 spiro atoms. The maximum Gasteiger partial charge on any atom is 0.231 e. The van der Waals surface area contributed by atoms with Crippen LogP contribution in [0.1, 0.15) is 24.8 Å². The van der Waals surface area contributed by atoms with E-state index >= 15 is 0 Å². The van der Waals surface area contributed by atoms with Gasteiger partial charge in [0, 0.05) is 27.3 Å². The minimum absolute atomic E-state index is 0.0406. The molecule has 4 nitrogen and oxygen atoms in total. The van der Waals surface area contributed by atoms with E-state index in [0.29, 0.717) is 6.54 Å². The molecule has 1 unspecified atom stereocenters. The smallest absolute Gasteiger partial charge is 0.231 e. The van der Waals surface area contributed by atoms with E-state index < -0.39 is 0 Å². The molecule has 1 heterocycles. The van der Waals surface area contributed by atoms with Crippen molar-refractivity contribution in [3.05, 3.63) is 20.8 Å². The summed E-state index contributed by atoms with van der Waals surface area (Å²) in [5, 5.41) is 2.01. The lowest BCUT2D eigenvalue weighted by atomic mass is 10.1. The van der Waals surface area contributed by atoms with Gasteiger partial charge >= 0.3 is 0 Å². The summed E-state index contributed by atoms with van der Waals surface area (Å²) in [4.78, 5) is 14.3. The second kappa shape index (κ2) is 6.49. The Kier molecular flexibility index (Phi) is 5.58. The van der Waals surface area contributed by atoms with Gasteiger partial charge in [-0.25, -0.2) is 0 Å².